The van der Waals surface area contributed by atoms with E-state index in [1.807, 2.05) is 18.2 Å². The van der Waals surface area contributed by atoms with E-state index in [2.05, 4.69) is 18.0 Å². The highest BCUT2D eigenvalue weighted by atomic mass is 16.5. The standard InChI is InChI=1S/C16H24N2O2/c1-18(10-12-6-8-19-9-7-12)14-11-20-15-5-3-2-4-13(15)16(14)17/h2-5,12,14,16H,6-11,17H2,1H3. The number of hydrogen-bond donors (Lipinski definition) is 1. The molecule has 2 atom stereocenters. The monoisotopic (exact) mass is 276 g/mol. The van der Waals surface area contributed by atoms with Crippen LogP contribution < -0.4 is 10.5 Å². The Balaban J connectivity index is 1.65. The fourth-order valence-electron chi connectivity index (χ4n) is 3.25. The molecule has 0 aromatic heterocycles. The number of nitrogens with zero attached hydrogens (tertiary/aromatic N) is 1. The summed E-state index contributed by atoms with van der Waals surface area (Å²) in [4.78, 5) is 2.37. The van der Waals surface area contributed by atoms with E-state index >= 15 is 0 Å². The van der Waals surface area contributed by atoms with E-state index in [1.54, 1.807) is 0 Å². The van der Waals surface area contributed by atoms with Gasteiger partial charge in [0.25, 0.3) is 0 Å². The van der Waals surface area contributed by atoms with Crippen molar-refractivity contribution >= 4 is 0 Å². The molecule has 0 aliphatic carbocycles. The van der Waals surface area contributed by atoms with Gasteiger partial charge in [0.1, 0.15) is 12.4 Å². The summed E-state index contributed by atoms with van der Waals surface area (Å²) in [6, 6.07) is 8.40. The first kappa shape index (κ1) is 13.9. The first-order chi connectivity index (χ1) is 9.75. The molecule has 110 valence electrons. The fourth-order valence-corrected chi connectivity index (χ4v) is 3.25. The molecule has 0 spiro atoms. The minimum absolute atomic E-state index is 0.0322. The first-order valence-corrected chi connectivity index (χ1v) is 7.51. The Morgan fingerprint density at radius 1 is 1.25 bits per heavy atom. The third kappa shape index (κ3) is 2.82. The van der Waals surface area contributed by atoms with E-state index < -0.39 is 0 Å². The van der Waals surface area contributed by atoms with Crippen LogP contribution in [0.5, 0.6) is 5.75 Å². The number of para-hydroxylation sites is 1. The maximum absolute atomic E-state index is 6.45. The van der Waals surface area contributed by atoms with Crippen LogP contribution in [0.4, 0.5) is 0 Å². The molecular weight excluding hydrogens is 252 g/mol. The Morgan fingerprint density at radius 2 is 2.00 bits per heavy atom. The number of ether oxygens (including phenoxy) is 2. The smallest absolute Gasteiger partial charge is 0.124 e. The highest BCUT2D eigenvalue weighted by Crippen LogP contribution is 2.32. The molecule has 2 unspecified atom stereocenters. The van der Waals surface area contributed by atoms with Gasteiger partial charge in [0.2, 0.25) is 0 Å². The third-order valence-corrected chi connectivity index (χ3v) is 4.56. The molecule has 0 saturated carbocycles. The lowest BCUT2D eigenvalue weighted by Gasteiger charge is -2.39. The van der Waals surface area contributed by atoms with Gasteiger partial charge in [-0.2, -0.15) is 0 Å². The predicted octanol–water partition coefficient (Wildman–Crippen LogP) is 1.81. The van der Waals surface area contributed by atoms with Crippen LogP contribution in [0.3, 0.4) is 0 Å². The van der Waals surface area contributed by atoms with Gasteiger partial charge in [0.05, 0.1) is 12.1 Å². The van der Waals surface area contributed by atoms with Gasteiger partial charge in [0, 0.05) is 25.3 Å². The van der Waals surface area contributed by atoms with Crippen molar-refractivity contribution in [3.63, 3.8) is 0 Å². The second-order valence-electron chi connectivity index (χ2n) is 5.94. The number of hydrogen-bond acceptors (Lipinski definition) is 4. The Hall–Kier alpha value is -1.10. The molecule has 0 amide bonds. The molecular formula is C16H24N2O2. The second-order valence-corrected chi connectivity index (χ2v) is 5.94. The lowest BCUT2D eigenvalue weighted by Crippen LogP contribution is -2.48. The van der Waals surface area contributed by atoms with Gasteiger partial charge in [-0.25, -0.2) is 0 Å². The minimum atomic E-state index is 0.0322. The van der Waals surface area contributed by atoms with Crippen molar-refractivity contribution in [1.29, 1.82) is 0 Å². The minimum Gasteiger partial charge on any atom is -0.492 e. The quantitative estimate of drug-likeness (QED) is 0.914. The molecule has 1 saturated heterocycles. The van der Waals surface area contributed by atoms with Crippen LogP contribution in [0.2, 0.25) is 0 Å². The van der Waals surface area contributed by atoms with Gasteiger partial charge in [-0.15, -0.1) is 0 Å². The molecule has 1 aromatic rings. The van der Waals surface area contributed by atoms with Crippen molar-refractivity contribution in [2.45, 2.75) is 24.9 Å². The Morgan fingerprint density at radius 3 is 2.80 bits per heavy atom. The number of nitrogens with two attached hydrogens (primary N) is 1. The summed E-state index contributed by atoms with van der Waals surface area (Å²) in [7, 11) is 2.16. The van der Waals surface area contributed by atoms with E-state index in [4.69, 9.17) is 15.2 Å². The number of rotatable bonds is 3. The van der Waals surface area contributed by atoms with Gasteiger partial charge in [-0.1, -0.05) is 18.2 Å². The van der Waals surface area contributed by atoms with Crippen LogP contribution in [-0.2, 0) is 4.74 Å². The first-order valence-electron chi connectivity index (χ1n) is 7.51. The summed E-state index contributed by atoms with van der Waals surface area (Å²) in [5.41, 5.74) is 7.58. The molecule has 4 heteroatoms. The molecule has 4 nitrogen and oxygen atoms in total. The Kier molecular flexibility index (Phi) is 4.24. The zero-order chi connectivity index (χ0) is 13.9. The highest BCUT2D eigenvalue weighted by molar-refractivity contribution is 5.38. The number of likely N-dealkylation sites (N-methyl/N-ethyl adjacent to an activating group) is 1. The van der Waals surface area contributed by atoms with Crippen molar-refractivity contribution in [3.05, 3.63) is 29.8 Å². The Bertz CT molecular complexity index is 446. The predicted molar refractivity (Wildman–Crippen MR) is 78.8 cm³/mol. The number of fused-ring (bicyclic) bond motifs is 1. The average molecular weight is 276 g/mol. The molecule has 2 heterocycles. The van der Waals surface area contributed by atoms with E-state index in [-0.39, 0.29) is 12.1 Å². The van der Waals surface area contributed by atoms with Gasteiger partial charge in [-0.3, -0.25) is 4.90 Å². The topological polar surface area (TPSA) is 47.7 Å². The van der Waals surface area contributed by atoms with Crippen LogP contribution >= 0.6 is 0 Å². The summed E-state index contributed by atoms with van der Waals surface area (Å²) in [5, 5.41) is 0. The molecule has 1 fully saturated rings. The fraction of sp³-hybridized carbons (Fsp3) is 0.625. The molecule has 20 heavy (non-hydrogen) atoms. The van der Waals surface area contributed by atoms with E-state index in [0.717, 1.165) is 49.8 Å². The normalized spacial score (nSPS) is 27.1. The molecule has 0 bridgehead atoms. The van der Waals surface area contributed by atoms with Crippen LogP contribution in [-0.4, -0.2) is 44.4 Å². The molecule has 2 aliphatic heterocycles. The second kappa shape index (κ2) is 6.12. The molecule has 0 radical (unpaired) electrons. The zero-order valence-corrected chi connectivity index (χ0v) is 12.1. The van der Waals surface area contributed by atoms with Crippen LogP contribution in [0, 0.1) is 5.92 Å². The van der Waals surface area contributed by atoms with E-state index in [0.29, 0.717) is 6.61 Å². The lowest BCUT2D eigenvalue weighted by atomic mass is 9.94. The van der Waals surface area contributed by atoms with E-state index in [1.165, 1.54) is 0 Å². The largest absolute Gasteiger partial charge is 0.492 e. The Labute approximate surface area is 120 Å². The third-order valence-electron chi connectivity index (χ3n) is 4.56. The zero-order valence-electron chi connectivity index (χ0n) is 12.1. The van der Waals surface area contributed by atoms with Gasteiger partial charge < -0.3 is 15.2 Å². The summed E-state index contributed by atoms with van der Waals surface area (Å²) in [6.07, 6.45) is 2.31. The maximum atomic E-state index is 6.45. The maximum Gasteiger partial charge on any atom is 0.124 e. The summed E-state index contributed by atoms with van der Waals surface area (Å²) >= 11 is 0. The molecule has 1 aromatic carbocycles. The SMILES string of the molecule is CN(CC1CCOCC1)C1COc2ccccc2C1N. The van der Waals surface area contributed by atoms with E-state index in [9.17, 15) is 0 Å². The van der Waals surface area contributed by atoms with Gasteiger partial charge in [-0.05, 0) is 31.9 Å². The van der Waals surface area contributed by atoms with Crippen LogP contribution in [0.15, 0.2) is 24.3 Å². The van der Waals surface area contributed by atoms with Gasteiger partial charge >= 0.3 is 0 Å². The average Bonchev–Trinajstić information content (AvgIpc) is 2.49. The molecule has 3 rings (SSSR count). The summed E-state index contributed by atoms with van der Waals surface area (Å²) < 4.78 is 11.3. The van der Waals surface area contributed by atoms with Crippen LogP contribution in [0.1, 0.15) is 24.4 Å². The molecule has 2 aliphatic rings. The van der Waals surface area contributed by atoms with Gasteiger partial charge in [0.15, 0.2) is 0 Å². The van der Waals surface area contributed by atoms with Crippen molar-refractivity contribution in [3.8, 4) is 5.75 Å². The van der Waals surface area contributed by atoms with Crippen molar-refractivity contribution in [2.75, 3.05) is 33.4 Å². The van der Waals surface area contributed by atoms with Crippen molar-refractivity contribution in [2.24, 2.45) is 11.7 Å². The van der Waals surface area contributed by atoms with Crippen LogP contribution in [0.25, 0.3) is 0 Å². The lowest BCUT2D eigenvalue weighted by molar-refractivity contribution is 0.0397. The number of benzene rings is 1. The summed E-state index contributed by atoms with van der Waals surface area (Å²) in [5.74, 6) is 1.66. The highest BCUT2D eigenvalue weighted by Gasteiger charge is 2.31. The van der Waals surface area contributed by atoms with Crippen molar-refractivity contribution < 1.29 is 9.47 Å². The molecule has 2 N–H and O–H groups in total. The van der Waals surface area contributed by atoms with Crippen molar-refractivity contribution in [1.82, 2.24) is 4.90 Å². The summed E-state index contributed by atoms with van der Waals surface area (Å²) in [6.45, 7) is 3.55.